The SMILES string of the molecule is CCNC(=NCCCN1CCCCC1C)NCCC(=O)NC1CCCCC1. The van der Waals surface area contributed by atoms with Gasteiger partial charge in [0.25, 0.3) is 0 Å². The summed E-state index contributed by atoms with van der Waals surface area (Å²) in [6.07, 6.45) is 11.7. The topological polar surface area (TPSA) is 68.8 Å². The van der Waals surface area contributed by atoms with Gasteiger partial charge < -0.3 is 20.9 Å². The molecule has 3 N–H and O–H groups in total. The molecule has 27 heavy (non-hydrogen) atoms. The van der Waals surface area contributed by atoms with Crippen LogP contribution in [0.2, 0.25) is 0 Å². The molecule has 0 radical (unpaired) electrons. The summed E-state index contributed by atoms with van der Waals surface area (Å²) < 4.78 is 0. The number of nitrogens with one attached hydrogen (secondary N) is 3. The van der Waals surface area contributed by atoms with E-state index in [1.807, 2.05) is 0 Å². The van der Waals surface area contributed by atoms with Gasteiger partial charge in [-0.2, -0.15) is 0 Å². The minimum Gasteiger partial charge on any atom is -0.357 e. The van der Waals surface area contributed by atoms with Crippen molar-refractivity contribution in [2.75, 3.05) is 32.7 Å². The lowest BCUT2D eigenvalue weighted by Crippen LogP contribution is -2.41. The van der Waals surface area contributed by atoms with Gasteiger partial charge in [0.15, 0.2) is 5.96 Å². The highest BCUT2D eigenvalue weighted by Gasteiger charge is 2.17. The third-order valence-electron chi connectivity index (χ3n) is 5.77. The van der Waals surface area contributed by atoms with Crippen molar-refractivity contribution in [2.45, 2.75) is 90.1 Å². The van der Waals surface area contributed by atoms with Gasteiger partial charge in [0.05, 0.1) is 0 Å². The summed E-state index contributed by atoms with van der Waals surface area (Å²) in [7, 11) is 0. The van der Waals surface area contributed by atoms with Crippen LogP contribution in [-0.4, -0.2) is 61.6 Å². The summed E-state index contributed by atoms with van der Waals surface area (Å²) in [4.78, 5) is 19.4. The number of hydrogen-bond donors (Lipinski definition) is 3. The van der Waals surface area contributed by atoms with E-state index in [0.29, 0.717) is 19.0 Å². The van der Waals surface area contributed by atoms with Crippen LogP contribution in [0.4, 0.5) is 0 Å². The zero-order valence-corrected chi connectivity index (χ0v) is 17.6. The summed E-state index contributed by atoms with van der Waals surface area (Å²) in [6.45, 7) is 9.08. The van der Waals surface area contributed by atoms with Gasteiger partial charge in [-0.3, -0.25) is 9.79 Å². The molecule has 2 aliphatic rings. The maximum absolute atomic E-state index is 12.1. The lowest BCUT2D eigenvalue weighted by atomic mass is 9.95. The largest absolute Gasteiger partial charge is 0.357 e. The first-order valence-electron chi connectivity index (χ1n) is 11.2. The highest BCUT2D eigenvalue weighted by atomic mass is 16.1. The van der Waals surface area contributed by atoms with Gasteiger partial charge in [0, 0.05) is 44.7 Å². The fourth-order valence-electron chi connectivity index (χ4n) is 4.14. The van der Waals surface area contributed by atoms with Crippen molar-refractivity contribution in [1.29, 1.82) is 0 Å². The molecule has 1 heterocycles. The number of aliphatic imine (C=N–C) groups is 1. The highest BCUT2D eigenvalue weighted by molar-refractivity contribution is 5.81. The number of guanidine groups is 1. The predicted molar refractivity (Wildman–Crippen MR) is 113 cm³/mol. The summed E-state index contributed by atoms with van der Waals surface area (Å²) >= 11 is 0. The number of likely N-dealkylation sites (tertiary alicyclic amines) is 1. The molecule has 1 aliphatic carbocycles. The third-order valence-corrected chi connectivity index (χ3v) is 5.77. The lowest BCUT2D eigenvalue weighted by molar-refractivity contribution is -0.121. The molecule has 156 valence electrons. The van der Waals surface area contributed by atoms with Gasteiger partial charge in [-0.1, -0.05) is 25.7 Å². The van der Waals surface area contributed by atoms with E-state index in [1.54, 1.807) is 0 Å². The molecule has 1 amide bonds. The first-order chi connectivity index (χ1) is 13.2. The summed E-state index contributed by atoms with van der Waals surface area (Å²) in [6, 6.07) is 1.11. The van der Waals surface area contributed by atoms with Crippen LogP contribution in [0.15, 0.2) is 4.99 Å². The molecular weight excluding hydrogens is 338 g/mol. The quantitative estimate of drug-likeness (QED) is 0.327. The minimum absolute atomic E-state index is 0.157. The Morgan fingerprint density at radius 2 is 1.85 bits per heavy atom. The average molecular weight is 380 g/mol. The number of amides is 1. The Balaban J connectivity index is 1.61. The Hall–Kier alpha value is -1.30. The zero-order valence-electron chi connectivity index (χ0n) is 17.6. The Morgan fingerprint density at radius 1 is 1.07 bits per heavy atom. The van der Waals surface area contributed by atoms with Crippen molar-refractivity contribution in [1.82, 2.24) is 20.9 Å². The van der Waals surface area contributed by atoms with Crippen molar-refractivity contribution in [3.63, 3.8) is 0 Å². The van der Waals surface area contributed by atoms with Crippen molar-refractivity contribution in [3.05, 3.63) is 0 Å². The monoisotopic (exact) mass is 379 g/mol. The standard InChI is InChI=1S/C21H41N5O/c1-3-22-21(23-14-9-17-26-16-8-7-10-18(26)2)24-15-13-20(27)25-19-11-5-4-6-12-19/h18-19H,3-17H2,1-2H3,(H,25,27)(H2,22,23,24). The molecule has 6 heteroatoms. The fourth-order valence-corrected chi connectivity index (χ4v) is 4.14. The molecule has 1 aliphatic heterocycles. The van der Waals surface area contributed by atoms with Crippen molar-refractivity contribution < 1.29 is 4.79 Å². The molecule has 1 unspecified atom stereocenters. The molecule has 0 aromatic heterocycles. The first-order valence-corrected chi connectivity index (χ1v) is 11.2. The molecule has 6 nitrogen and oxygen atoms in total. The Kier molecular flexibility index (Phi) is 10.6. The van der Waals surface area contributed by atoms with E-state index >= 15 is 0 Å². The second-order valence-corrected chi connectivity index (χ2v) is 8.07. The van der Waals surface area contributed by atoms with E-state index in [-0.39, 0.29) is 5.91 Å². The Bertz CT molecular complexity index is 448. The average Bonchev–Trinajstić information content (AvgIpc) is 2.67. The molecule has 2 rings (SSSR count). The smallest absolute Gasteiger partial charge is 0.221 e. The number of hydrogen-bond acceptors (Lipinski definition) is 3. The number of rotatable bonds is 9. The molecular formula is C21H41N5O. The maximum Gasteiger partial charge on any atom is 0.221 e. The van der Waals surface area contributed by atoms with Gasteiger partial charge >= 0.3 is 0 Å². The first kappa shape index (κ1) is 22.0. The molecule has 1 atom stereocenters. The normalized spacial score (nSPS) is 22.4. The lowest BCUT2D eigenvalue weighted by Gasteiger charge is -2.33. The van der Waals surface area contributed by atoms with E-state index in [2.05, 4.69) is 39.7 Å². The molecule has 0 aromatic rings. The molecule has 0 spiro atoms. The van der Waals surface area contributed by atoms with Gasteiger partial charge in [0.2, 0.25) is 5.91 Å². The fraction of sp³-hybridized carbons (Fsp3) is 0.905. The van der Waals surface area contributed by atoms with Crippen LogP contribution < -0.4 is 16.0 Å². The molecule has 0 bridgehead atoms. The number of carbonyl (C=O) groups is 1. The second-order valence-electron chi connectivity index (χ2n) is 8.07. The molecule has 2 fully saturated rings. The molecule has 0 aromatic carbocycles. The van der Waals surface area contributed by atoms with Crippen LogP contribution in [0.5, 0.6) is 0 Å². The van der Waals surface area contributed by atoms with Crippen LogP contribution >= 0.6 is 0 Å². The number of carbonyl (C=O) groups excluding carboxylic acids is 1. The van der Waals surface area contributed by atoms with E-state index in [4.69, 9.17) is 0 Å². The van der Waals surface area contributed by atoms with E-state index < -0.39 is 0 Å². The van der Waals surface area contributed by atoms with Crippen LogP contribution in [-0.2, 0) is 4.79 Å². The Labute approximate surface area is 165 Å². The Morgan fingerprint density at radius 3 is 2.59 bits per heavy atom. The van der Waals surface area contributed by atoms with Crippen LogP contribution in [0.1, 0.15) is 78.1 Å². The zero-order chi connectivity index (χ0) is 19.3. The van der Waals surface area contributed by atoms with Crippen molar-refractivity contribution in [2.24, 2.45) is 4.99 Å². The van der Waals surface area contributed by atoms with E-state index in [0.717, 1.165) is 50.9 Å². The molecule has 1 saturated carbocycles. The third kappa shape index (κ3) is 8.96. The number of piperidine rings is 1. The van der Waals surface area contributed by atoms with Crippen molar-refractivity contribution in [3.8, 4) is 0 Å². The predicted octanol–water partition coefficient (Wildman–Crippen LogP) is 2.65. The van der Waals surface area contributed by atoms with Gasteiger partial charge in [0.1, 0.15) is 0 Å². The summed E-state index contributed by atoms with van der Waals surface area (Å²) in [5.74, 6) is 0.985. The maximum atomic E-state index is 12.1. The van der Waals surface area contributed by atoms with E-state index in [9.17, 15) is 4.79 Å². The summed E-state index contributed by atoms with van der Waals surface area (Å²) in [5.41, 5.74) is 0. The van der Waals surface area contributed by atoms with Crippen LogP contribution in [0.3, 0.4) is 0 Å². The minimum atomic E-state index is 0.157. The van der Waals surface area contributed by atoms with Gasteiger partial charge in [-0.15, -0.1) is 0 Å². The second kappa shape index (κ2) is 13.0. The van der Waals surface area contributed by atoms with Crippen LogP contribution in [0.25, 0.3) is 0 Å². The highest BCUT2D eigenvalue weighted by Crippen LogP contribution is 2.17. The van der Waals surface area contributed by atoms with Crippen molar-refractivity contribution >= 4 is 11.9 Å². The van der Waals surface area contributed by atoms with Gasteiger partial charge in [-0.25, -0.2) is 0 Å². The molecule has 1 saturated heterocycles. The number of nitrogens with zero attached hydrogens (tertiary/aromatic N) is 2. The van der Waals surface area contributed by atoms with Crippen LogP contribution in [0, 0.1) is 0 Å². The van der Waals surface area contributed by atoms with E-state index in [1.165, 1.54) is 45.1 Å². The van der Waals surface area contributed by atoms with Gasteiger partial charge in [-0.05, 0) is 52.5 Å². The summed E-state index contributed by atoms with van der Waals surface area (Å²) in [5, 5.41) is 9.75.